The van der Waals surface area contributed by atoms with Crippen LogP contribution in [-0.4, -0.2) is 30.1 Å². The highest BCUT2D eigenvalue weighted by Gasteiger charge is 2.29. The van der Waals surface area contributed by atoms with Crippen LogP contribution in [0, 0.1) is 24.4 Å². The predicted octanol–water partition coefficient (Wildman–Crippen LogP) is 2.91. The maximum atomic E-state index is 14.2. The number of hydrogen-bond donors (Lipinski definition) is 3. The number of benzene rings is 2. The van der Waals surface area contributed by atoms with Crippen molar-refractivity contribution in [3.05, 3.63) is 70.7 Å². The number of amides is 2. The molecule has 0 bridgehead atoms. The number of aliphatic hydroxyl groups is 1. The molecule has 0 aromatic heterocycles. The molecule has 1 aliphatic rings. The summed E-state index contributed by atoms with van der Waals surface area (Å²) in [5, 5.41) is 13.8. The first-order chi connectivity index (χ1) is 14.3. The second kappa shape index (κ2) is 9.00. The van der Waals surface area contributed by atoms with Crippen molar-refractivity contribution in [3.8, 4) is 5.75 Å². The number of carbonyl (C=O) groups is 2. The lowest BCUT2D eigenvalue weighted by atomic mass is 9.86. The van der Waals surface area contributed by atoms with E-state index >= 15 is 0 Å². The molecule has 2 aromatic carbocycles. The smallest absolute Gasteiger partial charge is 0.253 e. The van der Waals surface area contributed by atoms with Gasteiger partial charge in [-0.1, -0.05) is 12.1 Å². The van der Waals surface area contributed by atoms with Crippen molar-refractivity contribution < 1.29 is 32.6 Å². The molecule has 0 fully saturated rings. The Kier molecular flexibility index (Phi) is 6.41. The summed E-state index contributed by atoms with van der Waals surface area (Å²) in [6.45, 7) is 0.636. The highest BCUT2D eigenvalue weighted by molar-refractivity contribution is 6.06. The molecule has 0 spiro atoms. The van der Waals surface area contributed by atoms with Gasteiger partial charge in [0.15, 0.2) is 11.6 Å². The van der Waals surface area contributed by atoms with E-state index in [1.54, 1.807) is 0 Å². The molecule has 3 N–H and O–H groups in total. The minimum Gasteiger partial charge on any atom is -0.488 e. The SMILES string of the molecule is Cc1c(NC(=O)C2=CNC(=O)C[C@H]2c2ccc(F)cc2)cc(OCCO)c(F)c1F. The summed E-state index contributed by atoms with van der Waals surface area (Å²) in [6, 6.07) is 6.52. The molecular weight excluding hydrogens is 401 g/mol. The van der Waals surface area contributed by atoms with Gasteiger partial charge in [0, 0.05) is 35.7 Å². The number of hydrogen-bond acceptors (Lipinski definition) is 4. The minimum absolute atomic E-state index is 0.0255. The maximum Gasteiger partial charge on any atom is 0.253 e. The number of aliphatic hydroxyl groups excluding tert-OH is 1. The third kappa shape index (κ3) is 4.46. The summed E-state index contributed by atoms with van der Waals surface area (Å²) >= 11 is 0. The number of nitrogens with one attached hydrogen (secondary N) is 2. The lowest BCUT2D eigenvalue weighted by Gasteiger charge is -2.24. The van der Waals surface area contributed by atoms with Crippen LogP contribution >= 0.6 is 0 Å². The number of anilines is 1. The normalized spacial score (nSPS) is 16.0. The largest absolute Gasteiger partial charge is 0.488 e. The van der Waals surface area contributed by atoms with Gasteiger partial charge in [-0.2, -0.15) is 4.39 Å². The van der Waals surface area contributed by atoms with Gasteiger partial charge in [0.2, 0.25) is 11.7 Å². The fourth-order valence-corrected chi connectivity index (χ4v) is 3.11. The molecule has 2 amide bonds. The Morgan fingerprint density at radius 2 is 1.93 bits per heavy atom. The Morgan fingerprint density at radius 1 is 1.23 bits per heavy atom. The zero-order valence-electron chi connectivity index (χ0n) is 16.0. The first-order valence-electron chi connectivity index (χ1n) is 9.10. The molecule has 1 atom stereocenters. The first-order valence-corrected chi connectivity index (χ1v) is 9.10. The average Bonchev–Trinajstić information content (AvgIpc) is 2.73. The molecule has 158 valence electrons. The van der Waals surface area contributed by atoms with Crippen LogP contribution in [0.5, 0.6) is 5.75 Å². The van der Waals surface area contributed by atoms with Crippen molar-refractivity contribution in [3.63, 3.8) is 0 Å². The Morgan fingerprint density at radius 3 is 2.60 bits per heavy atom. The molecule has 1 heterocycles. The lowest BCUT2D eigenvalue weighted by molar-refractivity contribution is -0.121. The molecule has 3 rings (SSSR count). The van der Waals surface area contributed by atoms with E-state index in [0.29, 0.717) is 5.56 Å². The van der Waals surface area contributed by atoms with Crippen molar-refractivity contribution in [1.82, 2.24) is 5.32 Å². The first kappa shape index (κ1) is 21.4. The van der Waals surface area contributed by atoms with Crippen LogP contribution in [0.15, 0.2) is 42.1 Å². The molecule has 9 heteroatoms. The van der Waals surface area contributed by atoms with E-state index in [9.17, 15) is 22.8 Å². The van der Waals surface area contributed by atoms with Crippen molar-refractivity contribution in [1.29, 1.82) is 0 Å². The Balaban J connectivity index is 1.91. The monoisotopic (exact) mass is 420 g/mol. The summed E-state index contributed by atoms with van der Waals surface area (Å²) in [5.41, 5.74) is 0.559. The van der Waals surface area contributed by atoms with E-state index in [4.69, 9.17) is 9.84 Å². The zero-order valence-corrected chi connectivity index (χ0v) is 16.0. The number of rotatable bonds is 6. The summed E-state index contributed by atoms with van der Waals surface area (Å²) in [7, 11) is 0. The Hall–Kier alpha value is -3.33. The van der Waals surface area contributed by atoms with Crippen molar-refractivity contribution >= 4 is 17.5 Å². The van der Waals surface area contributed by atoms with Crippen molar-refractivity contribution in [2.45, 2.75) is 19.3 Å². The van der Waals surface area contributed by atoms with Crippen LogP contribution in [-0.2, 0) is 9.59 Å². The van der Waals surface area contributed by atoms with E-state index in [1.165, 1.54) is 37.4 Å². The molecule has 0 unspecified atom stereocenters. The maximum absolute atomic E-state index is 14.2. The van der Waals surface area contributed by atoms with Gasteiger partial charge in [-0.3, -0.25) is 9.59 Å². The zero-order chi connectivity index (χ0) is 21.8. The van der Waals surface area contributed by atoms with Crippen LogP contribution < -0.4 is 15.4 Å². The molecular formula is C21H19F3N2O4. The molecule has 0 radical (unpaired) electrons. The summed E-state index contributed by atoms with van der Waals surface area (Å²) in [6.07, 6.45) is 1.21. The van der Waals surface area contributed by atoms with Crippen LogP contribution in [0.2, 0.25) is 0 Å². The van der Waals surface area contributed by atoms with E-state index in [0.717, 1.165) is 6.07 Å². The lowest BCUT2D eigenvalue weighted by Crippen LogP contribution is -2.32. The van der Waals surface area contributed by atoms with Crippen LogP contribution in [0.1, 0.15) is 23.5 Å². The molecule has 6 nitrogen and oxygen atoms in total. The predicted molar refractivity (Wildman–Crippen MR) is 102 cm³/mol. The van der Waals surface area contributed by atoms with Gasteiger partial charge < -0.3 is 20.5 Å². The molecule has 1 aliphatic heterocycles. The van der Waals surface area contributed by atoms with E-state index in [-0.39, 0.29) is 35.8 Å². The molecule has 0 saturated carbocycles. The highest BCUT2D eigenvalue weighted by Crippen LogP contribution is 2.33. The summed E-state index contributed by atoms with van der Waals surface area (Å²) < 4.78 is 46.5. The van der Waals surface area contributed by atoms with Crippen molar-refractivity contribution in [2.75, 3.05) is 18.5 Å². The molecule has 2 aromatic rings. The third-order valence-electron chi connectivity index (χ3n) is 4.70. The molecule has 0 aliphatic carbocycles. The van der Waals surface area contributed by atoms with Gasteiger partial charge in [-0.15, -0.1) is 0 Å². The number of halogens is 3. The van der Waals surface area contributed by atoms with Gasteiger partial charge in [0.1, 0.15) is 12.4 Å². The van der Waals surface area contributed by atoms with Gasteiger partial charge in [-0.05, 0) is 24.6 Å². The minimum atomic E-state index is -1.23. The summed E-state index contributed by atoms with van der Waals surface area (Å²) in [5.74, 6) is -4.94. The fraction of sp³-hybridized carbons (Fsp3) is 0.238. The standard InChI is InChI=1S/C21H19F3N2O4/c1-11-16(9-17(30-7-6-27)20(24)19(11)23)26-21(29)15-10-25-18(28)8-14(15)12-2-4-13(22)5-3-12/h2-5,9-10,14,27H,6-8H2,1H3,(H,25,28)(H,26,29)/t14-/m0/s1. The molecule has 30 heavy (non-hydrogen) atoms. The third-order valence-corrected chi connectivity index (χ3v) is 4.70. The van der Waals surface area contributed by atoms with Crippen LogP contribution in [0.4, 0.5) is 18.9 Å². The van der Waals surface area contributed by atoms with Gasteiger partial charge in [0.25, 0.3) is 5.91 Å². The molecule has 0 saturated heterocycles. The average molecular weight is 420 g/mol. The van der Waals surface area contributed by atoms with E-state index in [2.05, 4.69) is 10.6 Å². The number of ether oxygens (including phenoxy) is 1. The fourth-order valence-electron chi connectivity index (χ4n) is 3.11. The van der Waals surface area contributed by atoms with E-state index < -0.39 is 41.6 Å². The van der Waals surface area contributed by atoms with Gasteiger partial charge >= 0.3 is 0 Å². The second-order valence-corrected chi connectivity index (χ2v) is 6.68. The van der Waals surface area contributed by atoms with Gasteiger partial charge in [0.05, 0.1) is 12.3 Å². The second-order valence-electron chi connectivity index (χ2n) is 6.68. The summed E-state index contributed by atoms with van der Waals surface area (Å²) in [4.78, 5) is 24.7. The van der Waals surface area contributed by atoms with E-state index in [1.807, 2.05) is 0 Å². The highest BCUT2D eigenvalue weighted by atomic mass is 19.2. The number of carbonyl (C=O) groups excluding carboxylic acids is 2. The Bertz CT molecular complexity index is 1010. The van der Waals surface area contributed by atoms with Crippen molar-refractivity contribution in [2.24, 2.45) is 0 Å². The van der Waals surface area contributed by atoms with Crippen LogP contribution in [0.3, 0.4) is 0 Å². The van der Waals surface area contributed by atoms with Crippen LogP contribution in [0.25, 0.3) is 0 Å². The Labute approximate surface area is 170 Å². The van der Waals surface area contributed by atoms with Gasteiger partial charge in [-0.25, -0.2) is 8.78 Å². The quantitative estimate of drug-likeness (QED) is 0.671. The topological polar surface area (TPSA) is 87.7 Å².